The number of imidazole rings is 1. The van der Waals surface area contributed by atoms with E-state index in [9.17, 15) is 0 Å². The van der Waals surface area contributed by atoms with E-state index in [4.69, 9.17) is 0 Å². The molecule has 2 heterocycles. The van der Waals surface area contributed by atoms with Gasteiger partial charge in [0, 0.05) is 30.9 Å². The minimum atomic E-state index is 0.714. The van der Waals surface area contributed by atoms with Crippen molar-refractivity contribution in [1.29, 1.82) is 0 Å². The van der Waals surface area contributed by atoms with Gasteiger partial charge in [-0.3, -0.25) is 0 Å². The quantitative estimate of drug-likeness (QED) is 0.782. The molecule has 2 N–H and O–H groups in total. The fourth-order valence-electron chi connectivity index (χ4n) is 2.29. The van der Waals surface area contributed by atoms with Crippen LogP contribution in [0.3, 0.4) is 0 Å². The summed E-state index contributed by atoms with van der Waals surface area (Å²) in [4.78, 5) is 9.67. The first kappa shape index (κ1) is 11.6. The highest BCUT2D eigenvalue weighted by Crippen LogP contribution is 2.09. The predicted molar refractivity (Wildman–Crippen MR) is 65.4 cm³/mol. The van der Waals surface area contributed by atoms with E-state index in [1.165, 1.54) is 38.2 Å². The Morgan fingerprint density at radius 1 is 1.50 bits per heavy atom. The Bertz CT molecular complexity index is 275. The van der Waals surface area contributed by atoms with Crippen molar-refractivity contribution in [2.45, 2.75) is 32.2 Å². The summed E-state index contributed by atoms with van der Waals surface area (Å²) in [5, 5.41) is 3.63. The van der Waals surface area contributed by atoms with E-state index in [-0.39, 0.29) is 0 Å². The average molecular weight is 222 g/mol. The molecule has 0 saturated carbocycles. The van der Waals surface area contributed by atoms with Crippen LogP contribution < -0.4 is 5.32 Å². The molecule has 0 atom stereocenters. The summed E-state index contributed by atoms with van der Waals surface area (Å²) >= 11 is 0. The smallest absolute Gasteiger partial charge is 0.0921 e. The van der Waals surface area contributed by atoms with Gasteiger partial charge in [0.2, 0.25) is 0 Å². The third-order valence-electron chi connectivity index (χ3n) is 3.42. The molecule has 1 aliphatic rings. The second kappa shape index (κ2) is 6.01. The number of aromatic amines is 1. The van der Waals surface area contributed by atoms with E-state index in [1.807, 2.05) is 6.20 Å². The molecule has 0 spiro atoms. The molecule has 1 saturated heterocycles. The number of nitrogens with one attached hydrogen (secondary N) is 2. The molecule has 16 heavy (non-hydrogen) atoms. The van der Waals surface area contributed by atoms with Crippen molar-refractivity contribution < 1.29 is 0 Å². The number of piperidine rings is 1. The maximum absolute atomic E-state index is 4.02. The summed E-state index contributed by atoms with van der Waals surface area (Å²) in [7, 11) is 0. The van der Waals surface area contributed by atoms with Crippen LogP contribution >= 0.6 is 0 Å². The molecule has 4 nitrogen and oxygen atoms in total. The maximum Gasteiger partial charge on any atom is 0.0921 e. The van der Waals surface area contributed by atoms with Gasteiger partial charge in [-0.1, -0.05) is 6.92 Å². The first-order chi connectivity index (χ1) is 7.88. The Hall–Kier alpha value is -0.870. The topological polar surface area (TPSA) is 44.0 Å². The molecule has 0 aliphatic carbocycles. The van der Waals surface area contributed by atoms with Crippen molar-refractivity contribution in [3.8, 4) is 0 Å². The normalized spacial score (nSPS) is 19.1. The molecule has 1 aromatic heterocycles. The molecule has 1 aromatic rings. The van der Waals surface area contributed by atoms with Gasteiger partial charge in [0.15, 0.2) is 0 Å². The van der Waals surface area contributed by atoms with Gasteiger partial charge in [-0.25, -0.2) is 4.98 Å². The summed E-state index contributed by atoms with van der Waals surface area (Å²) in [6, 6.07) is 0.714. The summed E-state index contributed by atoms with van der Waals surface area (Å²) in [6.07, 6.45) is 7.28. The van der Waals surface area contributed by atoms with E-state index in [0.717, 1.165) is 13.0 Å². The van der Waals surface area contributed by atoms with Crippen LogP contribution in [0.25, 0.3) is 0 Å². The molecule has 90 valence electrons. The lowest BCUT2D eigenvalue weighted by Crippen LogP contribution is -2.42. The molecular formula is C12H22N4. The molecule has 0 bridgehead atoms. The summed E-state index contributed by atoms with van der Waals surface area (Å²) < 4.78 is 0. The zero-order valence-corrected chi connectivity index (χ0v) is 10.1. The number of H-pyrrole nitrogens is 1. The van der Waals surface area contributed by atoms with Gasteiger partial charge in [0.1, 0.15) is 0 Å². The van der Waals surface area contributed by atoms with Crippen molar-refractivity contribution >= 4 is 0 Å². The lowest BCUT2D eigenvalue weighted by molar-refractivity contribution is 0.207. The molecular weight excluding hydrogens is 200 g/mol. The average Bonchev–Trinajstić information content (AvgIpc) is 2.83. The van der Waals surface area contributed by atoms with Crippen LogP contribution in [0.2, 0.25) is 0 Å². The van der Waals surface area contributed by atoms with E-state index in [1.54, 1.807) is 6.33 Å². The van der Waals surface area contributed by atoms with Gasteiger partial charge in [0.05, 0.1) is 6.33 Å². The zero-order valence-electron chi connectivity index (χ0n) is 10.1. The van der Waals surface area contributed by atoms with E-state index in [2.05, 4.69) is 27.1 Å². The van der Waals surface area contributed by atoms with Crippen molar-refractivity contribution in [3.05, 3.63) is 18.2 Å². The Kier molecular flexibility index (Phi) is 4.36. The first-order valence-electron chi connectivity index (χ1n) is 6.31. The molecule has 0 amide bonds. The predicted octanol–water partition coefficient (Wildman–Crippen LogP) is 1.03. The molecule has 0 aromatic carbocycles. The number of aromatic nitrogens is 2. The molecule has 4 heteroatoms. The van der Waals surface area contributed by atoms with Crippen LogP contribution in [0, 0.1) is 0 Å². The highest BCUT2D eigenvalue weighted by Gasteiger charge is 2.16. The SMILES string of the molecule is CCN1CCC(NCCc2cnc[nH]2)CC1. The van der Waals surface area contributed by atoms with Crippen molar-refractivity contribution in [2.24, 2.45) is 0 Å². The van der Waals surface area contributed by atoms with Crippen molar-refractivity contribution in [1.82, 2.24) is 20.2 Å². The van der Waals surface area contributed by atoms with Crippen LogP contribution in [0.5, 0.6) is 0 Å². The largest absolute Gasteiger partial charge is 0.348 e. The second-order valence-electron chi connectivity index (χ2n) is 4.49. The summed E-state index contributed by atoms with van der Waals surface area (Å²) in [5.41, 5.74) is 1.22. The standard InChI is InChI=1S/C12H22N4/c1-2-16-7-4-11(5-8-16)14-6-3-12-9-13-10-15-12/h9-11,14H,2-8H2,1H3,(H,13,15). The Morgan fingerprint density at radius 3 is 2.94 bits per heavy atom. The molecule has 0 radical (unpaired) electrons. The van der Waals surface area contributed by atoms with Gasteiger partial charge in [-0.15, -0.1) is 0 Å². The number of nitrogens with zero attached hydrogens (tertiary/aromatic N) is 2. The monoisotopic (exact) mass is 222 g/mol. The van der Waals surface area contributed by atoms with E-state index < -0.39 is 0 Å². The third kappa shape index (κ3) is 3.32. The van der Waals surface area contributed by atoms with Gasteiger partial charge in [-0.2, -0.15) is 0 Å². The Morgan fingerprint density at radius 2 is 2.31 bits per heavy atom. The molecule has 1 fully saturated rings. The van der Waals surface area contributed by atoms with Gasteiger partial charge < -0.3 is 15.2 Å². The zero-order chi connectivity index (χ0) is 11.2. The third-order valence-corrected chi connectivity index (χ3v) is 3.42. The second-order valence-corrected chi connectivity index (χ2v) is 4.49. The Balaban J connectivity index is 1.60. The van der Waals surface area contributed by atoms with Crippen LogP contribution in [0.15, 0.2) is 12.5 Å². The van der Waals surface area contributed by atoms with Crippen LogP contribution in [0.1, 0.15) is 25.5 Å². The number of rotatable bonds is 5. The lowest BCUT2D eigenvalue weighted by atomic mass is 10.1. The molecule has 2 rings (SSSR count). The van der Waals surface area contributed by atoms with E-state index >= 15 is 0 Å². The maximum atomic E-state index is 4.02. The highest BCUT2D eigenvalue weighted by atomic mass is 15.1. The number of hydrogen-bond donors (Lipinski definition) is 2. The first-order valence-corrected chi connectivity index (χ1v) is 6.31. The molecule has 0 unspecified atom stereocenters. The van der Waals surface area contributed by atoms with Gasteiger partial charge in [-0.05, 0) is 32.5 Å². The lowest BCUT2D eigenvalue weighted by Gasteiger charge is -2.31. The highest BCUT2D eigenvalue weighted by molar-refractivity contribution is 4.94. The summed E-state index contributed by atoms with van der Waals surface area (Å²) in [6.45, 7) is 6.99. The van der Waals surface area contributed by atoms with Crippen LogP contribution in [-0.4, -0.2) is 47.1 Å². The van der Waals surface area contributed by atoms with E-state index in [0.29, 0.717) is 6.04 Å². The summed E-state index contributed by atoms with van der Waals surface area (Å²) in [5.74, 6) is 0. The Labute approximate surface area is 97.4 Å². The van der Waals surface area contributed by atoms with Crippen molar-refractivity contribution in [3.63, 3.8) is 0 Å². The fraction of sp³-hybridized carbons (Fsp3) is 0.750. The van der Waals surface area contributed by atoms with Crippen LogP contribution in [-0.2, 0) is 6.42 Å². The number of likely N-dealkylation sites (tertiary alicyclic amines) is 1. The fourth-order valence-corrected chi connectivity index (χ4v) is 2.29. The van der Waals surface area contributed by atoms with Gasteiger partial charge >= 0.3 is 0 Å². The van der Waals surface area contributed by atoms with Gasteiger partial charge in [0.25, 0.3) is 0 Å². The van der Waals surface area contributed by atoms with Crippen LogP contribution in [0.4, 0.5) is 0 Å². The minimum absolute atomic E-state index is 0.714. The van der Waals surface area contributed by atoms with Crippen molar-refractivity contribution in [2.75, 3.05) is 26.2 Å². The minimum Gasteiger partial charge on any atom is -0.348 e. The molecule has 1 aliphatic heterocycles. The number of hydrogen-bond acceptors (Lipinski definition) is 3.